The van der Waals surface area contributed by atoms with Crippen LogP contribution >= 0.6 is 0 Å². The second-order valence-corrected chi connectivity index (χ2v) is 5.94. The minimum Gasteiger partial charge on any atom is -0.463 e. The molecule has 1 amide bonds. The van der Waals surface area contributed by atoms with Crippen molar-refractivity contribution < 1.29 is 43.6 Å². The van der Waals surface area contributed by atoms with E-state index in [-0.39, 0.29) is 17.1 Å². The lowest BCUT2D eigenvalue weighted by atomic mass is 10.1. The Hall–Kier alpha value is -2.79. The maximum absolute atomic E-state index is 12.8. The molecule has 0 fully saturated rings. The molecule has 1 aromatic carbocycles. The first-order valence-corrected chi connectivity index (χ1v) is 8.20. The Bertz CT molecular complexity index is 819. The summed E-state index contributed by atoms with van der Waals surface area (Å²) in [6.07, 6.45) is -5.03. The van der Waals surface area contributed by atoms with Crippen LogP contribution in [0.1, 0.15) is 28.0 Å². The number of aliphatic hydroxyl groups excluding tert-OH is 4. The van der Waals surface area contributed by atoms with Crippen LogP contribution in [-0.2, 0) is 9.53 Å². The van der Waals surface area contributed by atoms with Crippen molar-refractivity contribution in [1.29, 1.82) is 0 Å². The molecule has 152 valence electrons. The average molecular weight is 397 g/mol. The Balaban J connectivity index is 1.96. The highest BCUT2D eigenvalue weighted by atomic mass is 19.1. The summed E-state index contributed by atoms with van der Waals surface area (Å²) in [5.41, 5.74) is 0.234. The third-order valence-electron chi connectivity index (χ3n) is 3.82. The summed E-state index contributed by atoms with van der Waals surface area (Å²) in [5, 5.41) is 40.2. The molecule has 1 heterocycles. The van der Waals surface area contributed by atoms with Crippen molar-refractivity contribution in [1.82, 2.24) is 0 Å². The van der Waals surface area contributed by atoms with Gasteiger partial charge in [-0.3, -0.25) is 4.79 Å². The van der Waals surface area contributed by atoms with E-state index in [0.29, 0.717) is 5.69 Å². The Morgan fingerprint density at radius 1 is 1.21 bits per heavy atom. The quantitative estimate of drug-likeness (QED) is 0.399. The lowest BCUT2D eigenvalue weighted by Crippen LogP contribution is -2.34. The monoisotopic (exact) mass is 397 g/mol. The minimum atomic E-state index is -1.74. The number of aryl methyl sites for hydroxylation is 1. The summed E-state index contributed by atoms with van der Waals surface area (Å²) in [4.78, 5) is 23.9. The van der Waals surface area contributed by atoms with Crippen LogP contribution in [0.2, 0.25) is 0 Å². The van der Waals surface area contributed by atoms with Crippen molar-refractivity contribution >= 4 is 17.6 Å². The fourth-order valence-corrected chi connectivity index (χ4v) is 2.28. The zero-order chi connectivity index (χ0) is 20.8. The smallest absolute Gasteiger partial charge is 0.342 e. The topological polar surface area (TPSA) is 149 Å². The molecular formula is C18H20FNO8. The van der Waals surface area contributed by atoms with E-state index in [1.807, 2.05) is 0 Å². The van der Waals surface area contributed by atoms with Gasteiger partial charge in [0.25, 0.3) is 5.91 Å². The molecule has 2 aromatic rings. The van der Waals surface area contributed by atoms with Crippen molar-refractivity contribution in [2.24, 2.45) is 0 Å². The summed E-state index contributed by atoms with van der Waals surface area (Å²) < 4.78 is 22.9. The van der Waals surface area contributed by atoms with Crippen LogP contribution < -0.4 is 5.32 Å². The third-order valence-corrected chi connectivity index (χ3v) is 3.82. The van der Waals surface area contributed by atoms with Crippen LogP contribution in [0.3, 0.4) is 0 Å². The summed E-state index contributed by atoms with van der Waals surface area (Å²) >= 11 is 0. The number of hydrogen-bond donors (Lipinski definition) is 5. The van der Waals surface area contributed by atoms with Gasteiger partial charge in [-0.2, -0.15) is 0 Å². The molecular weight excluding hydrogens is 377 g/mol. The SMILES string of the molecule is Cc1oc([C@H](O)[C@H](O)[C@@H](O)CO)cc1C(=O)OCC(=O)Nc1ccc(F)cc1. The first-order chi connectivity index (χ1) is 13.2. The molecule has 10 heteroatoms. The van der Waals surface area contributed by atoms with E-state index in [1.165, 1.54) is 19.1 Å². The summed E-state index contributed by atoms with van der Waals surface area (Å²) in [7, 11) is 0. The number of nitrogens with one attached hydrogen (secondary N) is 1. The molecule has 0 aliphatic rings. The molecule has 2 rings (SSSR count). The van der Waals surface area contributed by atoms with Crippen molar-refractivity contribution in [3.63, 3.8) is 0 Å². The number of furan rings is 1. The molecule has 28 heavy (non-hydrogen) atoms. The van der Waals surface area contributed by atoms with Gasteiger partial charge in [-0.05, 0) is 37.3 Å². The van der Waals surface area contributed by atoms with E-state index in [4.69, 9.17) is 14.3 Å². The lowest BCUT2D eigenvalue weighted by Gasteiger charge is -2.19. The zero-order valence-electron chi connectivity index (χ0n) is 14.8. The number of ether oxygens (including phenoxy) is 1. The number of benzene rings is 1. The number of esters is 1. The molecule has 1 aromatic heterocycles. The first-order valence-electron chi connectivity index (χ1n) is 8.20. The van der Waals surface area contributed by atoms with Crippen LogP contribution in [0.15, 0.2) is 34.7 Å². The third kappa shape index (κ3) is 5.36. The molecule has 0 saturated heterocycles. The minimum absolute atomic E-state index is 0.0590. The zero-order valence-corrected chi connectivity index (χ0v) is 14.8. The van der Waals surface area contributed by atoms with Gasteiger partial charge < -0.3 is 34.9 Å². The number of hydrogen-bond acceptors (Lipinski definition) is 8. The van der Waals surface area contributed by atoms with E-state index in [9.17, 15) is 29.3 Å². The van der Waals surface area contributed by atoms with Gasteiger partial charge in [0.05, 0.1) is 6.61 Å². The van der Waals surface area contributed by atoms with Gasteiger partial charge in [0, 0.05) is 5.69 Å². The van der Waals surface area contributed by atoms with Gasteiger partial charge in [-0.1, -0.05) is 0 Å². The van der Waals surface area contributed by atoms with Gasteiger partial charge in [-0.15, -0.1) is 0 Å². The lowest BCUT2D eigenvalue weighted by molar-refractivity contribution is -0.119. The largest absolute Gasteiger partial charge is 0.463 e. The Labute approximate surface area is 159 Å². The number of amides is 1. The van der Waals surface area contributed by atoms with Crippen LogP contribution in [0.4, 0.5) is 10.1 Å². The van der Waals surface area contributed by atoms with Crippen LogP contribution in [0.5, 0.6) is 0 Å². The summed E-state index contributed by atoms with van der Waals surface area (Å²) in [6, 6.07) is 6.11. The van der Waals surface area contributed by atoms with Gasteiger partial charge >= 0.3 is 5.97 Å². The molecule has 5 N–H and O–H groups in total. The Kier molecular flexibility index (Phi) is 7.24. The van der Waals surface area contributed by atoms with E-state index < -0.39 is 49.2 Å². The van der Waals surface area contributed by atoms with Gasteiger partial charge in [0.15, 0.2) is 6.61 Å². The molecule has 0 unspecified atom stereocenters. The first kappa shape index (κ1) is 21.5. The maximum Gasteiger partial charge on any atom is 0.342 e. The number of anilines is 1. The predicted molar refractivity (Wildman–Crippen MR) is 92.8 cm³/mol. The highest BCUT2D eigenvalue weighted by Crippen LogP contribution is 2.25. The number of carbonyl (C=O) groups is 2. The highest BCUT2D eigenvalue weighted by molar-refractivity contribution is 5.95. The summed E-state index contributed by atoms with van der Waals surface area (Å²) in [6.45, 7) is 0.000797. The average Bonchev–Trinajstić information content (AvgIpc) is 3.07. The van der Waals surface area contributed by atoms with E-state index in [2.05, 4.69) is 5.32 Å². The second-order valence-electron chi connectivity index (χ2n) is 5.94. The fraction of sp³-hybridized carbons (Fsp3) is 0.333. The summed E-state index contributed by atoms with van der Waals surface area (Å²) in [5.74, 6) is -2.19. The van der Waals surface area contributed by atoms with Crippen molar-refractivity contribution in [2.75, 3.05) is 18.5 Å². The van der Waals surface area contributed by atoms with Gasteiger partial charge in [0.1, 0.15) is 41.2 Å². The van der Waals surface area contributed by atoms with E-state index in [0.717, 1.165) is 18.2 Å². The van der Waals surface area contributed by atoms with Crippen LogP contribution in [-0.4, -0.2) is 57.7 Å². The van der Waals surface area contributed by atoms with Crippen molar-refractivity contribution in [3.05, 3.63) is 53.2 Å². The van der Waals surface area contributed by atoms with E-state index >= 15 is 0 Å². The van der Waals surface area contributed by atoms with Crippen LogP contribution in [0, 0.1) is 12.7 Å². The number of carbonyl (C=O) groups excluding carboxylic acids is 2. The molecule has 3 atom stereocenters. The Morgan fingerprint density at radius 2 is 1.86 bits per heavy atom. The molecule has 0 spiro atoms. The second kappa shape index (κ2) is 9.42. The molecule has 9 nitrogen and oxygen atoms in total. The highest BCUT2D eigenvalue weighted by Gasteiger charge is 2.30. The predicted octanol–water partition coefficient (Wildman–Crippen LogP) is 0.270. The van der Waals surface area contributed by atoms with Gasteiger partial charge in [-0.25, -0.2) is 9.18 Å². The van der Waals surface area contributed by atoms with E-state index in [1.54, 1.807) is 0 Å². The maximum atomic E-state index is 12.8. The molecule has 0 aliphatic heterocycles. The normalized spacial score (nSPS) is 14.2. The van der Waals surface area contributed by atoms with Crippen LogP contribution in [0.25, 0.3) is 0 Å². The number of aliphatic hydroxyl groups is 4. The molecule has 0 saturated carbocycles. The number of rotatable bonds is 8. The number of halogens is 1. The Morgan fingerprint density at radius 3 is 2.46 bits per heavy atom. The van der Waals surface area contributed by atoms with Crippen molar-refractivity contribution in [3.8, 4) is 0 Å². The molecule has 0 radical (unpaired) electrons. The van der Waals surface area contributed by atoms with Crippen molar-refractivity contribution in [2.45, 2.75) is 25.2 Å². The molecule has 0 bridgehead atoms. The van der Waals surface area contributed by atoms with Gasteiger partial charge in [0.2, 0.25) is 0 Å². The standard InChI is InChI=1S/C18H20FNO8/c1-9-12(6-14(28-9)17(25)16(24)13(22)7-21)18(26)27-8-15(23)20-11-4-2-10(19)3-5-11/h2-6,13,16-17,21-22,24-25H,7-8H2,1H3,(H,20,23)/t13-,16+,17-/m0/s1. The fourth-order valence-electron chi connectivity index (χ4n) is 2.28. The molecule has 0 aliphatic carbocycles.